The fourth-order valence-corrected chi connectivity index (χ4v) is 4.35. The van der Waals surface area contributed by atoms with Crippen LogP contribution in [0, 0.1) is 11.3 Å². The van der Waals surface area contributed by atoms with Gasteiger partial charge in [-0.3, -0.25) is 4.99 Å². The van der Waals surface area contributed by atoms with E-state index >= 15 is 0 Å². The number of likely N-dealkylation sites (tertiary alicyclic amines) is 1. The van der Waals surface area contributed by atoms with Gasteiger partial charge in [-0.25, -0.2) is 4.79 Å². The van der Waals surface area contributed by atoms with Crippen molar-refractivity contribution in [1.29, 1.82) is 0 Å². The van der Waals surface area contributed by atoms with Gasteiger partial charge < -0.3 is 20.7 Å². The molecule has 144 valence electrons. The van der Waals surface area contributed by atoms with Gasteiger partial charge in [-0.1, -0.05) is 26.7 Å². The molecule has 1 saturated heterocycles. The molecule has 6 heteroatoms. The third-order valence-electron chi connectivity index (χ3n) is 5.46. The first-order chi connectivity index (χ1) is 11.9. The molecule has 1 amide bonds. The molecule has 0 radical (unpaired) electrons. The van der Waals surface area contributed by atoms with Gasteiger partial charge in [-0.05, 0) is 50.4 Å². The molecule has 0 aromatic rings. The van der Waals surface area contributed by atoms with Gasteiger partial charge >= 0.3 is 6.09 Å². The normalized spacial score (nSPS) is 21.6. The first-order valence-corrected chi connectivity index (χ1v) is 9.92. The number of hydrogen-bond donors (Lipinski definition) is 2. The lowest BCUT2D eigenvalue weighted by Crippen LogP contribution is -2.48. The van der Waals surface area contributed by atoms with Crippen molar-refractivity contribution in [3.63, 3.8) is 0 Å². The average molecular weight is 353 g/mol. The Hall–Kier alpha value is -1.46. The number of amides is 1. The number of rotatable bonds is 6. The number of carbonyl (C=O) groups is 1. The van der Waals surface area contributed by atoms with Gasteiger partial charge in [-0.2, -0.15) is 0 Å². The first-order valence-electron chi connectivity index (χ1n) is 9.92. The maximum atomic E-state index is 11.7. The molecule has 0 unspecified atom stereocenters. The van der Waals surface area contributed by atoms with E-state index in [1.165, 1.54) is 32.1 Å². The number of nitrogens with one attached hydrogen (secondary N) is 1. The lowest BCUT2D eigenvalue weighted by atomic mass is 9.78. The van der Waals surface area contributed by atoms with Gasteiger partial charge in [0.15, 0.2) is 5.96 Å². The van der Waals surface area contributed by atoms with Crippen molar-refractivity contribution in [2.24, 2.45) is 22.1 Å². The highest BCUT2D eigenvalue weighted by atomic mass is 16.6. The second-order valence-electron chi connectivity index (χ2n) is 8.11. The van der Waals surface area contributed by atoms with E-state index in [9.17, 15) is 4.79 Å². The average Bonchev–Trinajstić information content (AvgIpc) is 3.02. The van der Waals surface area contributed by atoms with E-state index in [0.717, 1.165) is 19.4 Å². The number of nitrogens with two attached hydrogens (primary N) is 1. The van der Waals surface area contributed by atoms with Crippen molar-refractivity contribution in [2.45, 2.75) is 71.8 Å². The Morgan fingerprint density at radius 1 is 1.32 bits per heavy atom. The Kier molecular flexibility index (Phi) is 7.38. The molecule has 6 nitrogen and oxygen atoms in total. The van der Waals surface area contributed by atoms with Crippen molar-refractivity contribution in [3.8, 4) is 0 Å². The molecule has 0 bridgehead atoms. The molecule has 2 rings (SSSR count). The molecular weight excluding hydrogens is 316 g/mol. The highest BCUT2D eigenvalue weighted by molar-refractivity contribution is 5.78. The number of carbonyl (C=O) groups excluding carboxylic acids is 1. The van der Waals surface area contributed by atoms with Gasteiger partial charge in [0.25, 0.3) is 0 Å². The van der Waals surface area contributed by atoms with Crippen LogP contribution in [0.1, 0.15) is 65.7 Å². The van der Waals surface area contributed by atoms with Crippen molar-refractivity contribution in [1.82, 2.24) is 10.2 Å². The van der Waals surface area contributed by atoms with E-state index in [0.29, 0.717) is 43.0 Å². The molecular formula is C19H36N4O2. The second kappa shape index (κ2) is 9.30. The van der Waals surface area contributed by atoms with Crippen LogP contribution in [0.4, 0.5) is 4.79 Å². The molecule has 1 saturated carbocycles. The molecule has 0 spiro atoms. The molecule has 0 atom stereocenters. The van der Waals surface area contributed by atoms with E-state index in [2.05, 4.69) is 24.2 Å². The molecule has 1 aliphatic heterocycles. The standard InChI is InChI=1S/C19H36N4O2/c1-4-25-18(24)23-11-7-16(8-12-23)22-17(20)21-14-19(13-15(2)3)9-5-6-10-19/h15-16H,4-14H2,1-3H3,(H3,20,21,22). The zero-order valence-electron chi connectivity index (χ0n) is 16.2. The molecule has 2 fully saturated rings. The highest BCUT2D eigenvalue weighted by Gasteiger charge is 2.34. The molecule has 3 N–H and O–H groups in total. The van der Waals surface area contributed by atoms with Crippen molar-refractivity contribution in [2.75, 3.05) is 26.2 Å². The first kappa shape index (κ1) is 19.9. The SMILES string of the molecule is CCOC(=O)N1CCC(NC(N)=NCC2(CC(C)C)CCCC2)CC1. The molecule has 0 aromatic carbocycles. The van der Waals surface area contributed by atoms with Crippen LogP contribution in [-0.2, 0) is 4.74 Å². The molecule has 1 heterocycles. The maximum Gasteiger partial charge on any atom is 0.409 e. The minimum Gasteiger partial charge on any atom is -0.450 e. The maximum absolute atomic E-state index is 11.7. The summed E-state index contributed by atoms with van der Waals surface area (Å²) in [4.78, 5) is 18.2. The lowest BCUT2D eigenvalue weighted by molar-refractivity contribution is 0.0963. The Bertz CT molecular complexity index is 450. The lowest BCUT2D eigenvalue weighted by Gasteiger charge is -2.32. The van der Waals surface area contributed by atoms with E-state index in [1.54, 1.807) is 4.90 Å². The summed E-state index contributed by atoms with van der Waals surface area (Å²) < 4.78 is 5.05. The largest absolute Gasteiger partial charge is 0.450 e. The number of aliphatic imine (C=N–C) groups is 1. The Morgan fingerprint density at radius 3 is 2.52 bits per heavy atom. The summed E-state index contributed by atoms with van der Waals surface area (Å²) in [5, 5.41) is 3.35. The summed E-state index contributed by atoms with van der Waals surface area (Å²) in [6.07, 6.45) is 7.99. The summed E-state index contributed by atoms with van der Waals surface area (Å²) in [6, 6.07) is 0.291. The Labute approximate surface area is 152 Å². The summed E-state index contributed by atoms with van der Waals surface area (Å²) in [5.41, 5.74) is 6.50. The van der Waals surface area contributed by atoms with E-state index in [4.69, 9.17) is 10.5 Å². The quantitative estimate of drug-likeness (QED) is 0.568. The number of nitrogens with zero attached hydrogens (tertiary/aromatic N) is 2. The van der Waals surface area contributed by atoms with Gasteiger partial charge in [0, 0.05) is 25.7 Å². The summed E-state index contributed by atoms with van der Waals surface area (Å²) in [7, 11) is 0. The zero-order chi connectivity index (χ0) is 18.3. The fourth-order valence-electron chi connectivity index (χ4n) is 4.35. The van der Waals surface area contributed by atoms with Gasteiger partial charge in [0.05, 0.1) is 6.61 Å². The summed E-state index contributed by atoms with van der Waals surface area (Å²) in [6.45, 7) is 9.10. The zero-order valence-corrected chi connectivity index (χ0v) is 16.2. The predicted octanol–water partition coefficient (Wildman–Crippen LogP) is 3.12. The fraction of sp³-hybridized carbons (Fsp3) is 0.895. The van der Waals surface area contributed by atoms with E-state index < -0.39 is 0 Å². The van der Waals surface area contributed by atoms with Crippen LogP contribution >= 0.6 is 0 Å². The van der Waals surface area contributed by atoms with Crippen molar-refractivity contribution in [3.05, 3.63) is 0 Å². The highest BCUT2D eigenvalue weighted by Crippen LogP contribution is 2.43. The van der Waals surface area contributed by atoms with Crippen LogP contribution in [0.25, 0.3) is 0 Å². The third kappa shape index (κ3) is 6.08. The molecule has 25 heavy (non-hydrogen) atoms. The molecule has 0 aromatic heterocycles. The topological polar surface area (TPSA) is 80.0 Å². The van der Waals surface area contributed by atoms with Crippen LogP contribution in [0.3, 0.4) is 0 Å². The van der Waals surface area contributed by atoms with Gasteiger partial charge in [0.2, 0.25) is 0 Å². The van der Waals surface area contributed by atoms with Crippen molar-refractivity contribution < 1.29 is 9.53 Å². The predicted molar refractivity (Wildman–Crippen MR) is 102 cm³/mol. The Morgan fingerprint density at radius 2 is 1.96 bits per heavy atom. The van der Waals surface area contributed by atoms with E-state index in [-0.39, 0.29) is 6.09 Å². The monoisotopic (exact) mass is 352 g/mol. The van der Waals surface area contributed by atoms with Crippen LogP contribution in [-0.4, -0.2) is 49.2 Å². The van der Waals surface area contributed by atoms with Crippen LogP contribution < -0.4 is 11.1 Å². The second-order valence-corrected chi connectivity index (χ2v) is 8.11. The summed E-state index contributed by atoms with van der Waals surface area (Å²) >= 11 is 0. The number of piperidine rings is 1. The van der Waals surface area contributed by atoms with Crippen LogP contribution in [0.5, 0.6) is 0 Å². The molecule has 1 aliphatic carbocycles. The number of ether oxygens (including phenoxy) is 1. The van der Waals surface area contributed by atoms with E-state index in [1.807, 2.05) is 6.92 Å². The molecule has 2 aliphatic rings. The number of guanidine groups is 1. The smallest absolute Gasteiger partial charge is 0.409 e. The summed E-state index contributed by atoms with van der Waals surface area (Å²) in [5.74, 6) is 1.26. The minimum atomic E-state index is -0.209. The minimum absolute atomic E-state index is 0.209. The van der Waals surface area contributed by atoms with Crippen LogP contribution in [0.15, 0.2) is 4.99 Å². The van der Waals surface area contributed by atoms with Gasteiger partial charge in [-0.15, -0.1) is 0 Å². The van der Waals surface area contributed by atoms with Crippen LogP contribution in [0.2, 0.25) is 0 Å². The van der Waals surface area contributed by atoms with Crippen molar-refractivity contribution >= 4 is 12.1 Å². The third-order valence-corrected chi connectivity index (χ3v) is 5.46. The number of hydrogen-bond acceptors (Lipinski definition) is 3. The van der Waals surface area contributed by atoms with Gasteiger partial charge in [0.1, 0.15) is 0 Å². The Balaban J connectivity index is 1.78.